The van der Waals surface area contributed by atoms with Gasteiger partial charge < -0.3 is 30.3 Å². The second kappa shape index (κ2) is 7.47. The van der Waals surface area contributed by atoms with Crippen molar-refractivity contribution < 1.29 is 24.5 Å². The first-order chi connectivity index (χ1) is 13.5. The Morgan fingerprint density at radius 2 is 2.14 bits per heavy atom. The average molecular weight is 394 g/mol. The number of nitrogens with two attached hydrogens (primary N) is 1. The van der Waals surface area contributed by atoms with Gasteiger partial charge in [-0.2, -0.15) is 4.98 Å². The van der Waals surface area contributed by atoms with Gasteiger partial charge in [0.15, 0.2) is 17.4 Å². The molecule has 0 bridgehead atoms. The third kappa shape index (κ3) is 3.24. The molecule has 28 heavy (non-hydrogen) atoms. The van der Waals surface area contributed by atoms with E-state index in [1.165, 1.54) is 10.9 Å². The summed E-state index contributed by atoms with van der Waals surface area (Å²) < 4.78 is 12.4. The van der Waals surface area contributed by atoms with E-state index in [1.54, 1.807) is 4.90 Å². The molecule has 0 saturated carbocycles. The number of ether oxygens (including phenoxy) is 2. The van der Waals surface area contributed by atoms with Crippen LogP contribution >= 0.6 is 0 Å². The molecule has 1 amide bonds. The first kappa shape index (κ1) is 18.8. The van der Waals surface area contributed by atoms with Crippen molar-refractivity contribution in [3.05, 3.63) is 16.7 Å². The van der Waals surface area contributed by atoms with Gasteiger partial charge in [-0.1, -0.05) is 0 Å². The summed E-state index contributed by atoms with van der Waals surface area (Å²) in [6.07, 6.45) is -1.48. The number of nitrogens with one attached hydrogen (secondary N) is 1. The topological polar surface area (TPSA) is 169 Å². The predicted molar refractivity (Wildman–Crippen MR) is 95.1 cm³/mol. The zero-order chi connectivity index (χ0) is 19.8. The van der Waals surface area contributed by atoms with Crippen molar-refractivity contribution in [1.82, 2.24) is 24.4 Å². The van der Waals surface area contributed by atoms with Gasteiger partial charge in [-0.05, 0) is 0 Å². The highest BCUT2D eigenvalue weighted by atomic mass is 16.5. The number of aromatic nitrogens is 4. The molecule has 2 aliphatic heterocycles. The van der Waals surface area contributed by atoms with Crippen LogP contribution in [-0.4, -0.2) is 85.7 Å². The van der Waals surface area contributed by atoms with E-state index in [0.29, 0.717) is 26.3 Å². The van der Waals surface area contributed by atoms with Gasteiger partial charge in [0, 0.05) is 25.4 Å². The number of amides is 1. The summed E-state index contributed by atoms with van der Waals surface area (Å²) in [6, 6.07) is 0. The van der Waals surface area contributed by atoms with E-state index < -0.39 is 29.9 Å². The smallest absolute Gasteiger partial charge is 0.280 e. The largest absolute Gasteiger partial charge is 0.394 e. The molecule has 0 aliphatic carbocycles. The van der Waals surface area contributed by atoms with Gasteiger partial charge in [0.1, 0.15) is 6.10 Å². The lowest BCUT2D eigenvalue weighted by molar-refractivity contribution is -0.137. The molecule has 2 aromatic rings. The van der Waals surface area contributed by atoms with Crippen LogP contribution in [0.5, 0.6) is 0 Å². The molecule has 1 unspecified atom stereocenters. The van der Waals surface area contributed by atoms with Gasteiger partial charge >= 0.3 is 0 Å². The number of H-pyrrole nitrogens is 1. The molecule has 5 N–H and O–H groups in total. The van der Waals surface area contributed by atoms with Gasteiger partial charge in [0.2, 0.25) is 11.9 Å². The van der Waals surface area contributed by atoms with E-state index in [1.807, 2.05) is 0 Å². The molecule has 2 aliphatic rings. The number of aliphatic hydroxyl groups excluding tert-OH is 2. The molecular formula is C16H22N6O6. The first-order valence-electron chi connectivity index (χ1n) is 9.02. The maximum absolute atomic E-state index is 12.6. The minimum absolute atomic E-state index is 0.0195. The number of anilines is 1. The van der Waals surface area contributed by atoms with Crippen molar-refractivity contribution in [1.29, 1.82) is 0 Å². The zero-order valence-electron chi connectivity index (χ0n) is 15.0. The summed E-state index contributed by atoms with van der Waals surface area (Å²) in [5.41, 5.74) is 5.30. The first-order valence-corrected chi connectivity index (χ1v) is 9.02. The van der Waals surface area contributed by atoms with Crippen LogP contribution in [0, 0.1) is 5.92 Å². The standard InChI is InChI=1S/C16H22N6O6/c17-16-19-13-11(14(26)20-16)18-7-22(13)15-12(25)8(9(6-23)28-15)5-10(24)21-1-3-27-4-2-21/h7-9,12,15,23,25H,1-6H2,(H3,17,19,20,26)/t8-,9?,12-,15-/m1/s1. The molecule has 2 aromatic heterocycles. The second-order valence-electron chi connectivity index (χ2n) is 6.87. The van der Waals surface area contributed by atoms with Crippen LogP contribution in [0.1, 0.15) is 12.6 Å². The normalized spacial score (nSPS) is 28.1. The Morgan fingerprint density at radius 3 is 2.86 bits per heavy atom. The van der Waals surface area contributed by atoms with Crippen LogP contribution in [0.4, 0.5) is 5.95 Å². The number of hydrogen-bond donors (Lipinski definition) is 4. The van der Waals surface area contributed by atoms with Crippen LogP contribution < -0.4 is 11.3 Å². The number of nitrogens with zero attached hydrogens (tertiary/aromatic N) is 4. The van der Waals surface area contributed by atoms with Crippen molar-refractivity contribution in [3.63, 3.8) is 0 Å². The molecule has 0 spiro atoms. The molecule has 4 heterocycles. The number of nitrogen functional groups attached to an aromatic ring is 1. The quantitative estimate of drug-likeness (QED) is 0.450. The molecule has 2 fully saturated rings. The molecule has 12 heteroatoms. The van der Waals surface area contributed by atoms with E-state index in [2.05, 4.69) is 15.0 Å². The predicted octanol–water partition coefficient (Wildman–Crippen LogP) is -2.18. The molecule has 0 radical (unpaired) electrons. The monoisotopic (exact) mass is 394 g/mol. The minimum Gasteiger partial charge on any atom is -0.394 e. The van der Waals surface area contributed by atoms with E-state index in [0.717, 1.165) is 0 Å². The third-order valence-corrected chi connectivity index (χ3v) is 5.20. The maximum Gasteiger partial charge on any atom is 0.280 e. The highest BCUT2D eigenvalue weighted by Gasteiger charge is 2.46. The number of carbonyl (C=O) groups is 1. The van der Waals surface area contributed by atoms with E-state index in [4.69, 9.17) is 15.2 Å². The number of imidazole rings is 1. The average Bonchev–Trinajstić information content (AvgIpc) is 3.24. The summed E-state index contributed by atoms with van der Waals surface area (Å²) in [7, 11) is 0. The van der Waals surface area contributed by atoms with Crippen LogP contribution in [0.3, 0.4) is 0 Å². The minimum atomic E-state index is -1.11. The van der Waals surface area contributed by atoms with Crippen LogP contribution in [0.25, 0.3) is 11.2 Å². The number of carbonyl (C=O) groups excluding carboxylic acids is 1. The Balaban J connectivity index is 1.58. The highest BCUT2D eigenvalue weighted by Crippen LogP contribution is 2.37. The van der Waals surface area contributed by atoms with Crippen LogP contribution in [0.2, 0.25) is 0 Å². The number of aromatic amines is 1. The number of hydrogen-bond acceptors (Lipinski definition) is 9. The Bertz CT molecular complexity index is 922. The third-order valence-electron chi connectivity index (χ3n) is 5.20. The lowest BCUT2D eigenvalue weighted by Crippen LogP contribution is -2.43. The second-order valence-corrected chi connectivity index (χ2v) is 6.87. The number of aliphatic hydroxyl groups is 2. The van der Waals surface area contributed by atoms with Gasteiger partial charge in [-0.25, -0.2) is 4.98 Å². The van der Waals surface area contributed by atoms with E-state index in [-0.39, 0.29) is 36.0 Å². The Kier molecular flexibility index (Phi) is 5.02. The molecule has 4 rings (SSSR count). The van der Waals surface area contributed by atoms with Gasteiger partial charge in [-0.3, -0.25) is 19.1 Å². The fourth-order valence-electron chi connectivity index (χ4n) is 3.73. The highest BCUT2D eigenvalue weighted by molar-refractivity contribution is 5.76. The Morgan fingerprint density at radius 1 is 1.39 bits per heavy atom. The summed E-state index contributed by atoms with van der Waals surface area (Å²) in [6.45, 7) is 1.58. The van der Waals surface area contributed by atoms with Crippen molar-refractivity contribution in [2.24, 2.45) is 5.92 Å². The van der Waals surface area contributed by atoms with Crippen molar-refractivity contribution in [3.8, 4) is 0 Å². The summed E-state index contributed by atoms with van der Waals surface area (Å²) in [5, 5.41) is 20.5. The Hall–Kier alpha value is -2.54. The van der Waals surface area contributed by atoms with Gasteiger partial charge in [0.25, 0.3) is 5.56 Å². The zero-order valence-corrected chi connectivity index (χ0v) is 15.0. The van der Waals surface area contributed by atoms with Gasteiger partial charge in [0.05, 0.1) is 32.3 Å². The van der Waals surface area contributed by atoms with Crippen molar-refractivity contribution in [2.75, 3.05) is 38.6 Å². The van der Waals surface area contributed by atoms with Crippen LogP contribution in [0.15, 0.2) is 11.1 Å². The molecule has 4 atom stereocenters. The fourth-order valence-corrected chi connectivity index (χ4v) is 3.73. The maximum atomic E-state index is 12.6. The lowest BCUT2D eigenvalue weighted by Gasteiger charge is -2.29. The number of fused-ring (bicyclic) bond motifs is 1. The molecule has 2 saturated heterocycles. The lowest BCUT2D eigenvalue weighted by atomic mass is 9.93. The summed E-state index contributed by atoms with van der Waals surface area (Å²) in [5.74, 6) is -0.851. The van der Waals surface area contributed by atoms with E-state index in [9.17, 15) is 19.8 Å². The summed E-state index contributed by atoms with van der Waals surface area (Å²) in [4.78, 5) is 36.6. The van der Waals surface area contributed by atoms with Crippen LogP contribution in [-0.2, 0) is 14.3 Å². The Labute approximate surface area is 158 Å². The van der Waals surface area contributed by atoms with Crippen molar-refractivity contribution in [2.45, 2.75) is 24.9 Å². The SMILES string of the molecule is Nc1nc2c(ncn2[C@@H]2OC(CO)[C@@H](CC(=O)N3CCOCC3)[C@H]2O)c(=O)[nH]1. The number of morpholine rings is 1. The van der Waals surface area contributed by atoms with Crippen molar-refractivity contribution >= 4 is 23.0 Å². The number of rotatable bonds is 4. The fraction of sp³-hybridized carbons (Fsp3) is 0.625. The molecule has 152 valence electrons. The molecule has 12 nitrogen and oxygen atoms in total. The molecule has 0 aromatic carbocycles. The summed E-state index contributed by atoms with van der Waals surface area (Å²) >= 11 is 0. The van der Waals surface area contributed by atoms with Gasteiger partial charge in [-0.15, -0.1) is 0 Å². The molecular weight excluding hydrogens is 372 g/mol. The van der Waals surface area contributed by atoms with E-state index >= 15 is 0 Å².